The van der Waals surface area contributed by atoms with Gasteiger partial charge in [-0.05, 0) is 36.6 Å². The number of carbonyl (C=O) groups is 1. The van der Waals surface area contributed by atoms with Crippen LogP contribution < -0.4 is 0 Å². The Bertz CT molecular complexity index is 598. The van der Waals surface area contributed by atoms with Crippen LogP contribution in [0.2, 0.25) is 0 Å². The minimum absolute atomic E-state index is 0.0205. The highest BCUT2D eigenvalue weighted by Gasteiger charge is 2.30. The molecular formula is C15H15N3O3. The third-order valence-corrected chi connectivity index (χ3v) is 3.26. The van der Waals surface area contributed by atoms with Crippen molar-refractivity contribution in [1.29, 1.82) is 5.26 Å². The number of hydrogen-bond donors (Lipinski definition) is 0. The van der Waals surface area contributed by atoms with Crippen molar-refractivity contribution < 1.29 is 9.72 Å². The Morgan fingerprint density at radius 1 is 1.43 bits per heavy atom. The van der Waals surface area contributed by atoms with E-state index in [-0.39, 0.29) is 17.6 Å². The maximum Gasteiger partial charge on any atom is 0.269 e. The van der Waals surface area contributed by atoms with Crippen LogP contribution in [0.5, 0.6) is 0 Å². The van der Waals surface area contributed by atoms with Crippen molar-refractivity contribution in [3.05, 3.63) is 46.0 Å². The molecule has 0 heterocycles. The first kappa shape index (κ1) is 14.7. The van der Waals surface area contributed by atoms with E-state index >= 15 is 0 Å². The van der Waals surface area contributed by atoms with Crippen LogP contribution in [-0.4, -0.2) is 28.3 Å². The van der Waals surface area contributed by atoms with Gasteiger partial charge in [-0.2, -0.15) is 5.26 Å². The van der Waals surface area contributed by atoms with Crippen molar-refractivity contribution in [2.24, 2.45) is 0 Å². The number of nitro groups is 1. The second kappa shape index (κ2) is 6.66. The van der Waals surface area contributed by atoms with Crippen molar-refractivity contribution in [2.45, 2.75) is 25.3 Å². The van der Waals surface area contributed by atoms with Crippen LogP contribution in [0, 0.1) is 21.4 Å². The van der Waals surface area contributed by atoms with Gasteiger partial charge in [0, 0.05) is 30.8 Å². The summed E-state index contributed by atoms with van der Waals surface area (Å²) in [6, 6.07) is 8.30. The molecule has 0 bridgehead atoms. The van der Waals surface area contributed by atoms with E-state index in [0.29, 0.717) is 13.0 Å². The van der Waals surface area contributed by atoms with E-state index < -0.39 is 4.92 Å². The molecule has 6 heteroatoms. The van der Waals surface area contributed by atoms with Crippen LogP contribution in [0.3, 0.4) is 0 Å². The lowest BCUT2D eigenvalue weighted by Gasteiger charge is -2.19. The van der Waals surface area contributed by atoms with Gasteiger partial charge in [-0.15, -0.1) is 0 Å². The second-order valence-electron chi connectivity index (χ2n) is 4.85. The Morgan fingerprint density at radius 2 is 2.10 bits per heavy atom. The number of nitro benzene ring substituents is 1. The zero-order chi connectivity index (χ0) is 15.2. The van der Waals surface area contributed by atoms with Crippen molar-refractivity contribution in [3.8, 4) is 6.07 Å². The summed E-state index contributed by atoms with van der Waals surface area (Å²) in [4.78, 5) is 23.9. The number of amides is 1. The molecule has 0 atom stereocenters. The third-order valence-electron chi connectivity index (χ3n) is 3.26. The summed E-state index contributed by atoms with van der Waals surface area (Å²) in [5.74, 6) is -0.119. The topological polar surface area (TPSA) is 87.2 Å². The Labute approximate surface area is 122 Å². The number of non-ortho nitro benzene ring substituents is 1. The molecule has 1 saturated carbocycles. The normalized spacial score (nSPS) is 13.9. The smallest absolute Gasteiger partial charge is 0.269 e. The average Bonchev–Trinajstić information content (AvgIpc) is 3.30. The number of nitriles is 1. The van der Waals surface area contributed by atoms with Crippen LogP contribution in [0.15, 0.2) is 30.3 Å². The first-order chi connectivity index (χ1) is 10.1. The molecule has 1 fully saturated rings. The van der Waals surface area contributed by atoms with Crippen molar-refractivity contribution >= 4 is 17.7 Å². The Balaban J connectivity index is 2.00. The van der Waals surface area contributed by atoms with Gasteiger partial charge in [0.15, 0.2) is 0 Å². The largest absolute Gasteiger partial charge is 0.335 e. The highest BCUT2D eigenvalue weighted by atomic mass is 16.6. The molecular weight excluding hydrogens is 270 g/mol. The standard InChI is InChI=1S/C15H15N3O3/c16-10-1-11-17(13-7-8-13)15(19)9-4-12-2-5-14(6-3-12)18(20)21/h2-6,9,13H,1,7-8,11H2/b9-4-. The van der Waals surface area contributed by atoms with Gasteiger partial charge < -0.3 is 4.90 Å². The fraction of sp³-hybridized carbons (Fsp3) is 0.333. The number of hydrogen-bond acceptors (Lipinski definition) is 4. The van der Waals surface area contributed by atoms with Crippen LogP contribution in [0.4, 0.5) is 5.69 Å². The molecule has 21 heavy (non-hydrogen) atoms. The van der Waals surface area contributed by atoms with Crippen molar-refractivity contribution in [1.82, 2.24) is 4.90 Å². The van der Waals surface area contributed by atoms with E-state index in [1.54, 1.807) is 23.1 Å². The Kier molecular flexibility index (Phi) is 4.67. The molecule has 0 aliphatic heterocycles. The van der Waals surface area contributed by atoms with E-state index in [1.165, 1.54) is 18.2 Å². The molecule has 1 aliphatic carbocycles. The molecule has 0 spiro atoms. The molecule has 0 saturated heterocycles. The number of carbonyl (C=O) groups excluding carboxylic acids is 1. The quantitative estimate of drug-likeness (QED) is 0.456. The van der Waals surface area contributed by atoms with Gasteiger partial charge in [0.1, 0.15) is 0 Å². The Hall–Kier alpha value is -2.68. The van der Waals surface area contributed by atoms with Gasteiger partial charge in [0.25, 0.3) is 5.69 Å². The average molecular weight is 285 g/mol. The molecule has 1 amide bonds. The summed E-state index contributed by atoms with van der Waals surface area (Å²) in [6.07, 6.45) is 5.39. The summed E-state index contributed by atoms with van der Waals surface area (Å²) in [5.41, 5.74) is 0.747. The fourth-order valence-electron chi connectivity index (χ4n) is 2.00. The van der Waals surface area contributed by atoms with Gasteiger partial charge in [0.2, 0.25) is 5.91 Å². The Morgan fingerprint density at radius 3 is 2.62 bits per heavy atom. The molecule has 0 N–H and O–H groups in total. The highest BCUT2D eigenvalue weighted by molar-refractivity contribution is 5.92. The monoisotopic (exact) mass is 285 g/mol. The first-order valence-corrected chi connectivity index (χ1v) is 6.72. The molecule has 0 unspecified atom stereocenters. The SMILES string of the molecule is N#CCCN(C(=O)/C=C\c1ccc([N+](=O)[O-])cc1)C1CC1. The maximum atomic E-state index is 12.1. The molecule has 1 aromatic carbocycles. The van der Waals surface area contributed by atoms with Crippen LogP contribution in [-0.2, 0) is 4.79 Å². The molecule has 6 nitrogen and oxygen atoms in total. The molecule has 0 aromatic heterocycles. The van der Waals surface area contributed by atoms with Crippen LogP contribution in [0.25, 0.3) is 6.08 Å². The summed E-state index contributed by atoms with van der Waals surface area (Å²) in [6.45, 7) is 0.449. The van der Waals surface area contributed by atoms with Crippen LogP contribution >= 0.6 is 0 Å². The number of nitrogens with zero attached hydrogens (tertiary/aromatic N) is 3. The molecule has 1 aromatic rings. The molecule has 0 radical (unpaired) electrons. The molecule has 108 valence electrons. The minimum atomic E-state index is -0.463. The van der Waals surface area contributed by atoms with Gasteiger partial charge >= 0.3 is 0 Å². The summed E-state index contributed by atoms with van der Waals surface area (Å²) < 4.78 is 0. The van der Waals surface area contributed by atoms with E-state index in [2.05, 4.69) is 0 Å². The van der Waals surface area contributed by atoms with E-state index in [0.717, 1.165) is 18.4 Å². The zero-order valence-corrected chi connectivity index (χ0v) is 11.4. The van der Waals surface area contributed by atoms with Crippen LogP contribution in [0.1, 0.15) is 24.8 Å². The zero-order valence-electron chi connectivity index (χ0n) is 11.4. The lowest BCUT2D eigenvalue weighted by molar-refractivity contribution is -0.384. The van der Waals surface area contributed by atoms with Gasteiger partial charge in [-0.1, -0.05) is 0 Å². The fourth-order valence-corrected chi connectivity index (χ4v) is 2.00. The molecule has 2 rings (SSSR count). The first-order valence-electron chi connectivity index (χ1n) is 6.72. The van der Waals surface area contributed by atoms with Gasteiger partial charge in [0.05, 0.1) is 17.4 Å². The molecule has 1 aliphatic rings. The number of benzene rings is 1. The van der Waals surface area contributed by atoms with E-state index in [4.69, 9.17) is 5.26 Å². The van der Waals surface area contributed by atoms with E-state index in [1.807, 2.05) is 6.07 Å². The predicted molar refractivity (Wildman–Crippen MR) is 77.1 cm³/mol. The highest BCUT2D eigenvalue weighted by Crippen LogP contribution is 2.27. The minimum Gasteiger partial charge on any atom is -0.335 e. The van der Waals surface area contributed by atoms with Crippen molar-refractivity contribution in [2.75, 3.05) is 6.54 Å². The summed E-state index contributed by atoms with van der Waals surface area (Å²) >= 11 is 0. The number of rotatable bonds is 6. The second-order valence-corrected chi connectivity index (χ2v) is 4.85. The predicted octanol–water partition coefficient (Wildman–Crippen LogP) is 2.51. The summed E-state index contributed by atoms with van der Waals surface area (Å²) in [7, 11) is 0. The maximum absolute atomic E-state index is 12.1. The summed E-state index contributed by atoms with van der Waals surface area (Å²) in [5, 5.41) is 19.2. The van der Waals surface area contributed by atoms with Crippen molar-refractivity contribution in [3.63, 3.8) is 0 Å². The lowest BCUT2D eigenvalue weighted by atomic mass is 10.2. The van der Waals surface area contributed by atoms with E-state index in [9.17, 15) is 14.9 Å². The lowest BCUT2D eigenvalue weighted by Crippen LogP contribution is -2.32. The van der Waals surface area contributed by atoms with Gasteiger partial charge in [-0.3, -0.25) is 14.9 Å². The third kappa shape index (κ3) is 4.14. The van der Waals surface area contributed by atoms with Gasteiger partial charge in [-0.25, -0.2) is 0 Å².